The van der Waals surface area contributed by atoms with E-state index in [9.17, 15) is 0 Å². The van der Waals surface area contributed by atoms with Crippen LogP contribution < -0.4 is 5.32 Å². The fourth-order valence-electron chi connectivity index (χ4n) is 2.19. The summed E-state index contributed by atoms with van der Waals surface area (Å²) in [4.78, 5) is 7.38. The number of aromatic nitrogens is 2. The highest BCUT2D eigenvalue weighted by atomic mass is 14.9. The number of hydrogen-bond acceptors (Lipinski definition) is 2. The minimum atomic E-state index is 0.280. The molecule has 0 aliphatic heterocycles. The molecule has 86 valence electrons. The van der Waals surface area contributed by atoms with Crippen molar-refractivity contribution in [2.75, 3.05) is 13.6 Å². The molecule has 0 fully saturated rings. The molecule has 1 aromatic carbocycles. The predicted octanol–water partition coefficient (Wildman–Crippen LogP) is 2.35. The van der Waals surface area contributed by atoms with Crippen LogP contribution in [0.4, 0.5) is 0 Å². The van der Waals surface area contributed by atoms with E-state index in [1.807, 2.05) is 7.05 Å². The maximum Gasteiger partial charge on any atom is 0.0931 e. The lowest BCUT2D eigenvalue weighted by Gasteiger charge is -2.24. The smallest absolute Gasteiger partial charge is 0.0931 e. The van der Waals surface area contributed by atoms with Crippen LogP contribution in [0.3, 0.4) is 0 Å². The van der Waals surface area contributed by atoms with Gasteiger partial charge in [0.2, 0.25) is 0 Å². The highest BCUT2D eigenvalue weighted by Crippen LogP contribution is 2.22. The highest BCUT2D eigenvalue weighted by Gasteiger charge is 2.17. The quantitative estimate of drug-likeness (QED) is 0.825. The lowest BCUT2D eigenvalue weighted by Crippen LogP contribution is -2.28. The zero-order valence-electron chi connectivity index (χ0n) is 10.2. The van der Waals surface area contributed by atoms with Crippen LogP contribution in [0.15, 0.2) is 24.5 Å². The van der Waals surface area contributed by atoms with Crippen LogP contribution in [0.1, 0.15) is 19.4 Å². The molecule has 0 unspecified atom stereocenters. The minimum absolute atomic E-state index is 0.280. The van der Waals surface area contributed by atoms with Crippen LogP contribution in [0, 0.1) is 5.41 Å². The van der Waals surface area contributed by atoms with E-state index >= 15 is 0 Å². The Kier molecular flexibility index (Phi) is 2.97. The number of hydrogen-bond donors (Lipinski definition) is 2. The molecule has 1 aromatic heterocycles. The number of imidazole rings is 1. The van der Waals surface area contributed by atoms with Gasteiger partial charge in [-0.15, -0.1) is 0 Å². The summed E-state index contributed by atoms with van der Waals surface area (Å²) in [7, 11) is 2.00. The second-order valence-electron chi connectivity index (χ2n) is 5.13. The molecule has 2 aromatic rings. The largest absolute Gasteiger partial charge is 0.345 e. The van der Waals surface area contributed by atoms with Gasteiger partial charge in [0.1, 0.15) is 0 Å². The van der Waals surface area contributed by atoms with E-state index in [4.69, 9.17) is 0 Å². The second kappa shape index (κ2) is 4.26. The van der Waals surface area contributed by atoms with E-state index in [1.54, 1.807) is 6.33 Å². The van der Waals surface area contributed by atoms with Crippen molar-refractivity contribution in [3.8, 4) is 0 Å². The maximum absolute atomic E-state index is 4.22. The van der Waals surface area contributed by atoms with Gasteiger partial charge in [-0.25, -0.2) is 4.98 Å². The molecule has 0 spiro atoms. The van der Waals surface area contributed by atoms with E-state index in [0.717, 1.165) is 24.0 Å². The van der Waals surface area contributed by atoms with Gasteiger partial charge >= 0.3 is 0 Å². The van der Waals surface area contributed by atoms with Crippen molar-refractivity contribution >= 4 is 11.0 Å². The number of H-pyrrole nitrogens is 1. The standard InChI is InChI=1S/C13H19N3/c1-13(2,8-14-3)7-10-4-5-11-12(6-10)16-9-15-11/h4-6,9,14H,7-8H2,1-3H3,(H,15,16). The first-order chi connectivity index (χ1) is 7.61. The lowest BCUT2D eigenvalue weighted by atomic mass is 9.85. The van der Waals surface area contributed by atoms with Gasteiger partial charge in [0.05, 0.1) is 17.4 Å². The average Bonchev–Trinajstić information content (AvgIpc) is 2.63. The first-order valence-corrected chi connectivity index (χ1v) is 5.67. The number of aromatic amines is 1. The summed E-state index contributed by atoms with van der Waals surface area (Å²) in [5, 5.41) is 3.24. The van der Waals surface area contributed by atoms with Crippen LogP contribution in [-0.2, 0) is 6.42 Å². The average molecular weight is 217 g/mol. The highest BCUT2D eigenvalue weighted by molar-refractivity contribution is 5.75. The van der Waals surface area contributed by atoms with E-state index < -0.39 is 0 Å². The van der Waals surface area contributed by atoms with Gasteiger partial charge < -0.3 is 10.3 Å². The van der Waals surface area contributed by atoms with Gasteiger partial charge in [-0.2, -0.15) is 0 Å². The summed E-state index contributed by atoms with van der Waals surface area (Å²) in [5.74, 6) is 0. The van der Waals surface area contributed by atoms with Gasteiger partial charge in [0, 0.05) is 6.54 Å². The van der Waals surface area contributed by atoms with Gasteiger partial charge in [-0.05, 0) is 36.6 Å². The van der Waals surface area contributed by atoms with E-state index in [1.165, 1.54) is 5.56 Å². The van der Waals surface area contributed by atoms with Crippen molar-refractivity contribution in [2.24, 2.45) is 5.41 Å². The Labute approximate surface area is 96.3 Å². The molecule has 0 amide bonds. The van der Waals surface area contributed by atoms with Gasteiger partial charge in [0.25, 0.3) is 0 Å². The number of rotatable bonds is 4. The van der Waals surface area contributed by atoms with Crippen LogP contribution >= 0.6 is 0 Å². The molecule has 2 rings (SSSR count). The number of nitrogens with one attached hydrogen (secondary N) is 2. The Hall–Kier alpha value is -1.35. The molecule has 0 saturated carbocycles. The monoisotopic (exact) mass is 217 g/mol. The van der Waals surface area contributed by atoms with Crippen LogP contribution in [0.5, 0.6) is 0 Å². The maximum atomic E-state index is 4.22. The zero-order valence-corrected chi connectivity index (χ0v) is 10.2. The van der Waals surface area contributed by atoms with Crippen LogP contribution in [0.2, 0.25) is 0 Å². The van der Waals surface area contributed by atoms with Crippen molar-refractivity contribution in [1.82, 2.24) is 15.3 Å². The van der Waals surface area contributed by atoms with Crippen molar-refractivity contribution in [2.45, 2.75) is 20.3 Å². The molecular weight excluding hydrogens is 198 g/mol. The molecule has 0 radical (unpaired) electrons. The molecule has 1 heterocycles. The summed E-state index contributed by atoms with van der Waals surface area (Å²) in [6, 6.07) is 6.44. The summed E-state index contributed by atoms with van der Waals surface area (Å²) in [6.07, 6.45) is 2.82. The first kappa shape index (κ1) is 11.1. The zero-order chi connectivity index (χ0) is 11.6. The molecule has 3 nitrogen and oxygen atoms in total. The van der Waals surface area contributed by atoms with Crippen molar-refractivity contribution in [3.63, 3.8) is 0 Å². The Bertz CT molecular complexity index is 471. The number of benzene rings is 1. The van der Waals surface area contributed by atoms with Crippen molar-refractivity contribution < 1.29 is 0 Å². The molecule has 0 atom stereocenters. The summed E-state index contributed by atoms with van der Waals surface area (Å²) < 4.78 is 0. The lowest BCUT2D eigenvalue weighted by molar-refractivity contribution is 0.350. The van der Waals surface area contributed by atoms with Gasteiger partial charge in [-0.3, -0.25) is 0 Å². The molecular formula is C13H19N3. The Morgan fingerprint density at radius 1 is 1.38 bits per heavy atom. The van der Waals surface area contributed by atoms with Crippen LogP contribution in [0.25, 0.3) is 11.0 Å². The third-order valence-electron chi connectivity index (χ3n) is 2.82. The molecule has 0 aliphatic carbocycles. The van der Waals surface area contributed by atoms with E-state index in [-0.39, 0.29) is 5.41 Å². The Morgan fingerprint density at radius 2 is 2.19 bits per heavy atom. The van der Waals surface area contributed by atoms with Gasteiger partial charge in [-0.1, -0.05) is 19.9 Å². The van der Waals surface area contributed by atoms with E-state index in [0.29, 0.717) is 0 Å². The van der Waals surface area contributed by atoms with Crippen molar-refractivity contribution in [3.05, 3.63) is 30.1 Å². The summed E-state index contributed by atoms with van der Waals surface area (Å²) in [5.41, 5.74) is 3.80. The third kappa shape index (κ3) is 2.42. The summed E-state index contributed by atoms with van der Waals surface area (Å²) >= 11 is 0. The second-order valence-corrected chi connectivity index (χ2v) is 5.13. The molecule has 16 heavy (non-hydrogen) atoms. The Balaban J connectivity index is 2.20. The molecule has 0 saturated heterocycles. The molecule has 0 bridgehead atoms. The van der Waals surface area contributed by atoms with Crippen LogP contribution in [-0.4, -0.2) is 23.6 Å². The summed E-state index contributed by atoms with van der Waals surface area (Å²) in [6.45, 7) is 5.58. The first-order valence-electron chi connectivity index (χ1n) is 5.67. The fraction of sp³-hybridized carbons (Fsp3) is 0.462. The third-order valence-corrected chi connectivity index (χ3v) is 2.82. The Morgan fingerprint density at radius 3 is 2.94 bits per heavy atom. The normalized spacial score (nSPS) is 12.2. The molecule has 2 N–H and O–H groups in total. The predicted molar refractivity (Wildman–Crippen MR) is 67.5 cm³/mol. The minimum Gasteiger partial charge on any atom is -0.345 e. The fourth-order valence-corrected chi connectivity index (χ4v) is 2.19. The number of nitrogens with zero attached hydrogens (tertiary/aromatic N) is 1. The van der Waals surface area contributed by atoms with Gasteiger partial charge in [0.15, 0.2) is 0 Å². The SMILES string of the molecule is CNCC(C)(C)Cc1ccc2nc[nH]c2c1. The number of fused-ring (bicyclic) bond motifs is 1. The van der Waals surface area contributed by atoms with E-state index in [2.05, 4.69) is 47.3 Å². The molecule has 0 aliphatic rings. The van der Waals surface area contributed by atoms with Crippen molar-refractivity contribution in [1.29, 1.82) is 0 Å². The topological polar surface area (TPSA) is 40.7 Å². The molecule has 3 heteroatoms.